The minimum absolute atomic E-state index is 0.130. The number of benzene rings is 1. The number of nitrogens with zero attached hydrogens (tertiary/aromatic N) is 5. The van der Waals surface area contributed by atoms with Crippen LogP contribution in [0.3, 0.4) is 0 Å². The number of anilines is 1. The second kappa shape index (κ2) is 6.70. The lowest BCUT2D eigenvalue weighted by atomic mass is 10.0. The largest absolute Gasteiger partial charge is 0.369 e. The molecule has 3 heterocycles. The summed E-state index contributed by atoms with van der Waals surface area (Å²) in [4.78, 5) is 8.73. The minimum atomic E-state index is -0.130. The van der Waals surface area contributed by atoms with Crippen molar-refractivity contribution in [3.63, 3.8) is 0 Å². The van der Waals surface area contributed by atoms with Crippen molar-refractivity contribution in [3.8, 4) is 29.7 Å². The maximum absolute atomic E-state index is 9.15. The average molecular weight is 340 g/mol. The van der Waals surface area contributed by atoms with Crippen molar-refractivity contribution in [1.29, 1.82) is 5.26 Å². The van der Waals surface area contributed by atoms with Crippen LogP contribution in [0.25, 0.3) is 11.3 Å². The van der Waals surface area contributed by atoms with Crippen LogP contribution in [-0.4, -0.2) is 26.3 Å². The second-order valence-electron chi connectivity index (χ2n) is 6.10. The van der Waals surface area contributed by atoms with Crippen LogP contribution in [0.4, 0.5) is 5.82 Å². The Morgan fingerprint density at radius 1 is 1.35 bits per heavy atom. The molecule has 1 aromatic carbocycles. The Morgan fingerprint density at radius 3 is 3.12 bits per heavy atom. The van der Waals surface area contributed by atoms with Crippen molar-refractivity contribution < 1.29 is 0 Å². The van der Waals surface area contributed by atoms with Gasteiger partial charge in [-0.05, 0) is 24.1 Å². The molecule has 26 heavy (non-hydrogen) atoms. The quantitative estimate of drug-likeness (QED) is 0.739. The maximum Gasteiger partial charge on any atom is 0.133 e. The van der Waals surface area contributed by atoms with Crippen molar-refractivity contribution in [2.24, 2.45) is 0 Å². The Kier molecular flexibility index (Phi) is 4.09. The predicted octanol–water partition coefficient (Wildman–Crippen LogP) is 2.79. The molecule has 0 spiro atoms. The Hall–Kier alpha value is -3.64. The number of fused-ring (bicyclic) bond motifs is 1. The summed E-state index contributed by atoms with van der Waals surface area (Å²) in [5.74, 6) is 3.61. The van der Waals surface area contributed by atoms with Crippen LogP contribution in [0.2, 0.25) is 0 Å². The Balaban J connectivity index is 1.73. The number of terminal acetylenes is 1. The molecule has 0 amide bonds. The molecule has 6 nitrogen and oxygen atoms in total. The van der Waals surface area contributed by atoms with Crippen LogP contribution < -0.4 is 5.32 Å². The summed E-state index contributed by atoms with van der Waals surface area (Å²) in [5, 5.41) is 16.9. The predicted molar refractivity (Wildman–Crippen MR) is 98.2 cm³/mol. The van der Waals surface area contributed by atoms with Crippen LogP contribution in [0, 0.1) is 23.7 Å². The first-order valence-corrected chi connectivity index (χ1v) is 8.36. The standard InChI is InChI=1S/C20H16N6/c1-2-4-18(15-6-3-5-14(9-15)10-21)26-12-16(11-25-26)19-17-7-8-22-20(17)24-13-23-19/h1,3,5-6,9,11-13,18H,4,7-8H2,(H,22,23,24). The van der Waals surface area contributed by atoms with Gasteiger partial charge in [0.25, 0.3) is 0 Å². The second-order valence-corrected chi connectivity index (χ2v) is 6.10. The van der Waals surface area contributed by atoms with E-state index in [1.54, 1.807) is 18.6 Å². The van der Waals surface area contributed by atoms with E-state index in [-0.39, 0.29) is 6.04 Å². The van der Waals surface area contributed by atoms with E-state index in [0.29, 0.717) is 12.0 Å². The lowest BCUT2D eigenvalue weighted by molar-refractivity contribution is 0.534. The summed E-state index contributed by atoms with van der Waals surface area (Å²) < 4.78 is 1.85. The van der Waals surface area contributed by atoms with Crippen LogP contribution in [0.5, 0.6) is 0 Å². The zero-order chi connectivity index (χ0) is 17.9. The fourth-order valence-corrected chi connectivity index (χ4v) is 3.28. The number of nitriles is 1. The Labute approximate surface area is 151 Å². The van der Waals surface area contributed by atoms with Crippen LogP contribution in [0.1, 0.15) is 29.2 Å². The van der Waals surface area contributed by atoms with E-state index in [2.05, 4.69) is 32.4 Å². The smallest absolute Gasteiger partial charge is 0.133 e. The average Bonchev–Trinajstić information content (AvgIpc) is 3.35. The number of aromatic nitrogens is 4. The highest BCUT2D eigenvalue weighted by molar-refractivity contribution is 5.69. The van der Waals surface area contributed by atoms with Crippen molar-refractivity contribution in [1.82, 2.24) is 19.7 Å². The lowest BCUT2D eigenvalue weighted by Crippen LogP contribution is -2.10. The molecule has 0 bridgehead atoms. The fourth-order valence-electron chi connectivity index (χ4n) is 3.28. The number of nitrogens with one attached hydrogen (secondary N) is 1. The van der Waals surface area contributed by atoms with Gasteiger partial charge in [0.15, 0.2) is 0 Å². The molecule has 0 radical (unpaired) electrons. The van der Waals surface area contributed by atoms with Crippen molar-refractivity contribution >= 4 is 5.82 Å². The van der Waals surface area contributed by atoms with E-state index >= 15 is 0 Å². The summed E-state index contributed by atoms with van der Waals surface area (Å²) in [7, 11) is 0. The highest BCUT2D eigenvalue weighted by Crippen LogP contribution is 2.30. The molecule has 3 aromatic rings. The summed E-state index contributed by atoms with van der Waals surface area (Å²) in [6, 6.07) is 9.51. The maximum atomic E-state index is 9.15. The van der Waals surface area contributed by atoms with E-state index in [1.807, 2.05) is 29.1 Å². The number of hydrogen-bond acceptors (Lipinski definition) is 5. The highest BCUT2D eigenvalue weighted by atomic mass is 15.3. The summed E-state index contributed by atoms with van der Waals surface area (Å²) in [6.45, 7) is 0.871. The zero-order valence-corrected chi connectivity index (χ0v) is 14.1. The molecule has 4 rings (SSSR count). The van der Waals surface area contributed by atoms with Crippen LogP contribution in [0.15, 0.2) is 43.0 Å². The third-order valence-corrected chi connectivity index (χ3v) is 4.52. The van der Waals surface area contributed by atoms with Gasteiger partial charge in [0.05, 0.1) is 29.6 Å². The van der Waals surface area contributed by atoms with E-state index in [4.69, 9.17) is 11.7 Å². The van der Waals surface area contributed by atoms with Crippen LogP contribution in [-0.2, 0) is 6.42 Å². The van der Waals surface area contributed by atoms with Crippen LogP contribution >= 0.6 is 0 Å². The van der Waals surface area contributed by atoms with Gasteiger partial charge in [-0.1, -0.05) is 12.1 Å². The lowest BCUT2D eigenvalue weighted by Gasteiger charge is -2.15. The first-order valence-electron chi connectivity index (χ1n) is 8.36. The molecule has 1 unspecified atom stereocenters. The number of hydrogen-bond donors (Lipinski definition) is 1. The molecular formula is C20H16N6. The van der Waals surface area contributed by atoms with Crippen molar-refractivity contribution in [2.45, 2.75) is 18.9 Å². The Bertz CT molecular complexity index is 1040. The van der Waals surface area contributed by atoms with Gasteiger partial charge in [0, 0.05) is 30.3 Å². The molecule has 0 fully saturated rings. The molecule has 1 aliphatic rings. The van der Waals surface area contributed by atoms with Gasteiger partial charge in [0.1, 0.15) is 12.1 Å². The SMILES string of the molecule is C#CCC(c1cccc(C#N)c1)n1cc(-c2ncnc3c2CCN3)cn1. The van der Waals surface area contributed by atoms with Gasteiger partial charge >= 0.3 is 0 Å². The molecule has 1 atom stereocenters. The third kappa shape index (κ3) is 2.78. The van der Waals surface area contributed by atoms with Gasteiger partial charge in [-0.15, -0.1) is 12.3 Å². The van der Waals surface area contributed by atoms with Crippen molar-refractivity contribution in [2.75, 3.05) is 11.9 Å². The molecule has 0 saturated heterocycles. The molecule has 2 aromatic heterocycles. The molecule has 6 heteroatoms. The third-order valence-electron chi connectivity index (χ3n) is 4.52. The highest BCUT2D eigenvalue weighted by Gasteiger charge is 2.20. The zero-order valence-electron chi connectivity index (χ0n) is 14.1. The molecule has 1 N–H and O–H groups in total. The molecular weight excluding hydrogens is 324 g/mol. The monoisotopic (exact) mass is 340 g/mol. The molecule has 0 aliphatic carbocycles. The van der Waals surface area contributed by atoms with E-state index in [0.717, 1.165) is 41.2 Å². The molecule has 0 saturated carbocycles. The fraction of sp³-hybridized carbons (Fsp3) is 0.200. The topological polar surface area (TPSA) is 79.4 Å². The summed E-state index contributed by atoms with van der Waals surface area (Å²) in [5.41, 5.74) is 4.53. The normalized spacial score (nSPS) is 13.3. The summed E-state index contributed by atoms with van der Waals surface area (Å²) >= 11 is 0. The van der Waals surface area contributed by atoms with Gasteiger partial charge in [-0.3, -0.25) is 4.68 Å². The van der Waals surface area contributed by atoms with Gasteiger partial charge < -0.3 is 5.32 Å². The molecule has 1 aliphatic heterocycles. The Morgan fingerprint density at radius 2 is 2.27 bits per heavy atom. The van der Waals surface area contributed by atoms with Crippen molar-refractivity contribution in [3.05, 3.63) is 59.7 Å². The number of rotatable bonds is 4. The van der Waals surface area contributed by atoms with E-state index < -0.39 is 0 Å². The van der Waals surface area contributed by atoms with E-state index in [1.165, 1.54) is 0 Å². The first-order chi connectivity index (χ1) is 12.8. The van der Waals surface area contributed by atoms with Gasteiger partial charge in [-0.2, -0.15) is 10.4 Å². The van der Waals surface area contributed by atoms with Gasteiger partial charge in [-0.25, -0.2) is 9.97 Å². The first kappa shape index (κ1) is 15.9. The minimum Gasteiger partial charge on any atom is -0.369 e. The summed E-state index contributed by atoms with van der Waals surface area (Å²) in [6.07, 6.45) is 12.3. The van der Waals surface area contributed by atoms with Gasteiger partial charge in [0.2, 0.25) is 0 Å². The molecule has 126 valence electrons. The van der Waals surface area contributed by atoms with E-state index in [9.17, 15) is 0 Å².